The Morgan fingerprint density at radius 1 is 1.20 bits per heavy atom. The fraction of sp³-hybridized carbons (Fsp3) is 0.344. The number of carbonyl (C=O) groups is 1. The van der Waals surface area contributed by atoms with E-state index in [1.807, 2.05) is 38.7 Å². The first-order valence-electron chi connectivity index (χ1n) is 14.4. The number of halogens is 5. The molecule has 0 saturated carbocycles. The van der Waals surface area contributed by atoms with Crippen molar-refractivity contribution in [3.05, 3.63) is 73.6 Å². The van der Waals surface area contributed by atoms with E-state index in [0.29, 0.717) is 11.1 Å². The predicted molar refractivity (Wildman–Crippen MR) is 176 cm³/mol. The van der Waals surface area contributed by atoms with Crippen LogP contribution in [0.2, 0.25) is 15.1 Å². The minimum Gasteiger partial charge on any atom is -0.506 e. The lowest BCUT2D eigenvalue weighted by Gasteiger charge is -2.41. The van der Waals surface area contributed by atoms with Crippen LogP contribution in [0.25, 0.3) is 22.3 Å². The van der Waals surface area contributed by atoms with Gasteiger partial charge in [0, 0.05) is 48.9 Å². The fourth-order valence-electron chi connectivity index (χ4n) is 6.17. The summed E-state index contributed by atoms with van der Waals surface area (Å²) in [4.78, 5) is 39.6. The number of benzene rings is 1. The van der Waals surface area contributed by atoms with E-state index in [1.165, 1.54) is 16.7 Å². The monoisotopic (exact) mass is 688 g/mol. The second-order valence-electron chi connectivity index (χ2n) is 11.6. The molecule has 3 atom stereocenters. The standard InChI is InChI=1S/C32H29Cl3F2N6O3/c1-6-20(44)42-10-9-41(13-16(42)5)29-17-11-19(33)27(21-22(34)24(36)25(37)23(35)30(21)45)40-31(17)43(32(46)18(29)12-38)28-15(4)7-8-39-26(28)14(2)3/h6-8,11,14-16,28,45H,1,9-10,13H2,2-5H3/t15?,16-,28?/m1/s1. The van der Waals surface area contributed by atoms with Crippen molar-refractivity contribution in [3.8, 4) is 23.1 Å². The van der Waals surface area contributed by atoms with Gasteiger partial charge in [-0.25, -0.2) is 13.8 Å². The van der Waals surface area contributed by atoms with Crippen LogP contribution < -0.4 is 10.5 Å². The van der Waals surface area contributed by atoms with Crippen molar-refractivity contribution in [2.45, 2.75) is 39.8 Å². The molecule has 2 aliphatic heterocycles. The Hall–Kier alpha value is -3.98. The van der Waals surface area contributed by atoms with Gasteiger partial charge in [-0.05, 0) is 25.0 Å². The lowest BCUT2D eigenvalue weighted by atomic mass is 9.88. The Labute approximate surface area is 278 Å². The van der Waals surface area contributed by atoms with E-state index < -0.39 is 44.6 Å². The molecule has 4 heterocycles. The number of aromatic nitrogens is 2. The second kappa shape index (κ2) is 12.7. The van der Waals surface area contributed by atoms with Crippen LogP contribution in [0.3, 0.4) is 0 Å². The first-order valence-corrected chi connectivity index (χ1v) is 15.5. The molecule has 0 bridgehead atoms. The van der Waals surface area contributed by atoms with Crippen molar-refractivity contribution in [2.75, 3.05) is 24.5 Å². The van der Waals surface area contributed by atoms with Crippen molar-refractivity contribution >= 4 is 63.1 Å². The SMILES string of the molecule is C=CC(=O)N1CCN(c2c(C#N)c(=O)n(C3C(C(C)C)=NC=CC3C)c3nc(-c4c(O)c(Cl)c(F)c(F)c4Cl)c(Cl)cc23)C[C@H]1C. The second-order valence-corrected chi connectivity index (χ2v) is 12.7. The molecule has 5 rings (SSSR count). The zero-order valence-electron chi connectivity index (χ0n) is 25.3. The number of pyridine rings is 2. The fourth-order valence-corrected chi connectivity index (χ4v) is 6.85. The number of carbonyl (C=O) groups excluding carboxylic acids is 1. The number of nitriles is 1. The van der Waals surface area contributed by atoms with Crippen LogP contribution >= 0.6 is 34.8 Å². The summed E-state index contributed by atoms with van der Waals surface area (Å²) in [6, 6.07) is 2.52. The summed E-state index contributed by atoms with van der Waals surface area (Å²) in [5.41, 5.74) is -0.641. The molecule has 9 nitrogen and oxygen atoms in total. The molecule has 2 aliphatic rings. The molecule has 46 heavy (non-hydrogen) atoms. The molecule has 240 valence electrons. The topological polar surface area (TPSA) is 115 Å². The number of hydrogen-bond donors (Lipinski definition) is 1. The van der Waals surface area contributed by atoms with Gasteiger partial charge in [0.05, 0.1) is 33.0 Å². The quantitative estimate of drug-likeness (QED) is 0.177. The maximum atomic E-state index is 14.8. The first-order chi connectivity index (χ1) is 21.7. The summed E-state index contributed by atoms with van der Waals surface area (Å²) < 4.78 is 30.5. The molecule has 0 radical (unpaired) electrons. The van der Waals surface area contributed by atoms with E-state index in [2.05, 4.69) is 17.6 Å². The average molecular weight is 690 g/mol. The third-order valence-corrected chi connectivity index (χ3v) is 9.37. The molecule has 3 aromatic rings. The highest BCUT2D eigenvalue weighted by Crippen LogP contribution is 2.47. The minimum atomic E-state index is -1.55. The number of piperazine rings is 1. The number of fused-ring (bicyclic) bond motifs is 1. The molecule has 14 heteroatoms. The van der Waals surface area contributed by atoms with Gasteiger partial charge in [0.15, 0.2) is 11.6 Å². The van der Waals surface area contributed by atoms with Gasteiger partial charge in [0.2, 0.25) is 5.91 Å². The summed E-state index contributed by atoms with van der Waals surface area (Å²) in [6.07, 6.45) is 4.71. The number of rotatable bonds is 5. The highest BCUT2D eigenvalue weighted by Gasteiger charge is 2.36. The molecule has 1 amide bonds. The van der Waals surface area contributed by atoms with E-state index >= 15 is 0 Å². The molecule has 1 N–H and O–H groups in total. The lowest BCUT2D eigenvalue weighted by Crippen LogP contribution is -2.54. The van der Waals surface area contributed by atoms with Gasteiger partial charge in [-0.1, -0.05) is 68.2 Å². The summed E-state index contributed by atoms with van der Waals surface area (Å²) in [7, 11) is 0. The normalized spacial score (nSPS) is 19.8. The van der Waals surface area contributed by atoms with Crippen LogP contribution in [-0.2, 0) is 4.79 Å². The third kappa shape index (κ3) is 5.32. The van der Waals surface area contributed by atoms with Crippen molar-refractivity contribution < 1.29 is 18.7 Å². The van der Waals surface area contributed by atoms with Crippen LogP contribution in [-0.4, -0.2) is 56.9 Å². The summed E-state index contributed by atoms with van der Waals surface area (Å²) in [5, 5.41) is 19.7. The van der Waals surface area contributed by atoms with E-state index in [1.54, 1.807) is 11.1 Å². The van der Waals surface area contributed by atoms with Gasteiger partial charge in [-0.2, -0.15) is 5.26 Å². The maximum Gasteiger partial charge on any atom is 0.272 e. The average Bonchev–Trinajstić information content (AvgIpc) is 3.02. The smallest absolute Gasteiger partial charge is 0.272 e. The van der Waals surface area contributed by atoms with E-state index in [0.717, 1.165) is 0 Å². The number of nitrogens with zero attached hydrogens (tertiary/aromatic N) is 6. The van der Waals surface area contributed by atoms with Gasteiger partial charge < -0.3 is 14.9 Å². The van der Waals surface area contributed by atoms with Crippen molar-refractivity contribution in [3.63, 3.8) is 0 Å². The summed E-state index contributed by atoms with van der Waals surface area (Å²) >= 11 is 18.8. The molecule has 2 aromatic heterocycles. The first kappa shape index (κ1) is 33.4. The molecule has 1 saturated heterocycles. The summed E-state index contributed by atoms with van der Waals surface area (Å²) in [5.74, 6) is -4.60. The van der Waals surface area contributed by atoms with Gasteiger partial charge in [-0.3, -0.25) is 19.1 Å². The number of phenols is 1. The Morgan fingerprint density at radius 3 is 2.48 bits per heavy atom. The van der Waals surface area contributed by atoms with Crippen molar-refractivity contribution in [1.82, 2.24) is 14.5 Å². The number of aromatic hydroxyl groups is 1. The highest BCUT2D eigenvalue weighted by atomic mass is 35.5. The number of hydrogen-bond acceptors (Lipinski definition) is 7. The molecule has 0 aliphatic carbocycles. The van der Waals surface area contributed by atoms with E-state index in [-0.39, 0.29) is 71.0 Å². The number of aliphatic imine (C=N–C) groups is 1. The van der Waals surface area contributed by atoms with Crippen LogP contribution in [0, 0.1) is 34.8 Å². The Balaban J connectivity index is 1.89. The molecule has 2 unspecified atom stereocenters. The van der Waals surface area contributed by atoms with Crippen molar-refractivity contribution in [1.29, 1.82) is 5.26 Å². The number of anilines is 1. The van der Waals surface area contributed by atoms with Crippen molar-refractivity contribution in [2.24, 2.45) is 16.8 Å². The Kier molecular flexibility index (Phi) is 9.19. The molecule has 1 fully saturated rings. The number of amides is 1. The zero-order chi connectivity index (χ0) is 33.8. The van der Waals surface area contributed by atoms with E-state index in [9.17, 15) is 28.7 Å². The van der Waals surface area contributed by atoms with Gasteiger partial charge in [0.1, 0.15) is 28.1 Å². The highest BCUT2D eigenvalue weighted by molar-refractivity contribution is 6.39. The van der Waals surface area contributed by atoms with Crippen LogP contribution in [0.4, 0.5) is 14.5 Å². The zero-order valence-corrected chi connectivity index (χ0v) is 27.6. The minimum absolute atomic E-state index is 0.0347. The number of phenolic OH excluding ortho intramolecular Hbond substituents is 1. The maximum absolute atomic E-state index is 14.8. The van der Waals surface area contributed by atoms with Crippen LogP contribution in [0.15, 0.2) is 40.8 Å². The molecular formula is C32H29Cl3F2N6O3. The van der Waals surface area contributed by atoms with Crippen LogP contribution in [0.1, 0.15) is 39.3 Å². The van der Waals surface area contributed by atoms with E-state index in [4.69, 9.17) is 39.8 Å². The molecular weight excluding hydrogens is 661 g/mol. The largest absolute Gasteiger partial charge is 0.506 e. The lowest BCUT2D eigenvalue weighted by molar-refractivity contribution is -0.128. The number of allylic oxidation sites excluding steroid dienone is 1. The summed E-state index contributed by atoms with van der Waals surface area (Å²) in [6.45, 7) is 12.0. The molecule has 1 aromatic carbocycles. The van der Waals surface area contributed by atoms with Crippen LogP contribution in [0.5, 0.6) is 5.75 Å². The van der Waals surface area contributed by atoms with Gasteiger partial charge in [-0.15, -0.1) is 0 Å². The Morgan fingerprint density at radius 2 is 1.87 bits per heavy atom. The molecule has 0 spiro atoms. The van der Waals surface area contributed by atoms with Gasteiger partial charge >= 0.3 is 0 Å². The Bertz CT molecular complexity index is 1940. The third-order valence-electron chi connectivity index (χ3n) is 8.39. The predicted octanol–water partition coefficient (Wildman–Crippen LogP) is 6.90. The van der Waals surface area contributed by atoms with Gasteiger partial charge in [0.25, 0.3) is 5.56 Å².